The number of anilines is 1. The van der Waals surface area contributed by atoms with Crippen LogP contribution in [-0.4, -0.2) is 22.0 Å². The number of hydrogen-bond donors (Lipinski definition) is 1. The van der Waals surface area contributed by atoms with Crippen molar-refractivity contribution in [1.29, 1.82) is 0 Å². The third-order valence-corrected chi connectivity index (χ3v) is 4.58. The number of benzene rings is 2. The first-order chi connectivity index (χ1) is 12.6. The molecule has 1 aromatic heterocycles. The maximum Gasteiger partial charge on any atom is 0.322 e. The number of fused-ring (bicyclic) bond motifs is 1. The SMILES string of the molecule is O=C(Nc1ccccc1F)N1CCn2cccc2[C@@H]1c1cccc(F)c1. The maximum absolute atomic E-state index is 13.9. The molecule has 6 heteroatoms. The number of hydrogen-bond acceptors (Lipinski definition) is 1. The van der Waals surface area contributed by atoms with Crippen molar-refractivity contribution in [3.63, 3.8) is 0 Å². The van der Waals surface area contributed by atoms with Crippen LogP contribution < -0.4 is 5.32 Å². The second kappa shape index (κ2) is 6.63. The normalized spacial score (nSPS) is 16.2. The van der Waals surface area contributed by atoms with E-state index in [9.17, 15) is 13.6 Å². The number of carbonyl (C=O) groups excluding carboxylic acids is 1. The molecule has 1 aliphatic rings. The minimum absolute atomic E-state index is 0.122. The Morgan fingerprint density at radius 2 is 1.85 bits per heavy atom. The van der Waals surface area contributed by atoms with Crippen molar-refractivity contribution in [3.05, 3.63) is 89.8 Å². The van der Waals surface area contributed by atoms with Crippen molar-refractivity contribution in [1.82, 2.24) is 9.47 Å². The van der Waals surface area contributed by atoms with Gasteiger partial charge in [-0.05, 0) is 42.0 Å². The number of urea groups is 1. The zero-order chi connectivity index (χ0) is 18.1. The van der Waals surface area contributed by atoms with E-state index >= 15 is 0 Å². The van der Waals surface area contributed by atoms with Crippen molar-refractivity contribution >= 4 is 11.7 Å². The highest BCUT2D eigenvalue weighted by atomic mass is 19.1. The van der Waals surface area contributed by atoms with Gasteiger partial charge in [0.05, 0.1) is 11.7 Å². The summed E-state index contributed by atoms with van der Waals surface area (Å²) in [6.07, 6.45) is 1.94. The Morgan fingerprint density at radius 3 is 2.65 bits per heavy atom. The standard InChI is InChI=1S/C20H17F2N3O/c21-15-6-3-5-14(13-15)19-18-9-4-10-24(18)11-12-25(19)20(26)23-17-8-2-1-7-16(17)22/h1-10,13,19H,11-12H2,(H,23,26)/t19-/m0/s1. The molecule has 2 amide bonds. The molecule has 1 N–H and O–H groups in total. The van der Waals surface area contributed by atoms with Crippen LogP contribution in [-0.2, 0) is 6.54 Å². The van der Waals surface area contributed by atoms with Crippen molar-refractivity contribution in [3.8, 4) is 0 Å². The topological polar surface area (TPSA) is 37.3 Å². The highest BCUT2D eigenvalue weighted by molar-refractivity contribution is 5.90. The average Bonchev–Trinajstić information content (AvgIpc) is 3.11. The van der Waals surface area contributed by atoms with Crippen molar-refractivity contribution in [2.45, 2.75) is 12.6 Å². The lowest BCUT2D eigenvalue weighted by Gasteiger charge is -2.37. The average molecular weight is 353 g/mol. The lowest BCUT2D eigenvalue weighted by molar-refractivity contribution is 0.181. The molecule has 0 unspecified atom stereocenters. The number of para-hydroxylation sites is 1. The molecule has 26 heavy (non-hydrogen) atoms. The van der Waals surface area contributed by atoms with Gasteiger partial charge in [0, 0.05) is 25.0 Å². The summed E-state index contributed by atoms with van der Waals surface area (Å²) in [4.78, 5) is 14.5. The molecular weight excluding hydrogens is 336 g/mol. The molecule has 3 aromatic rings. The minimum atomic E-state index is -0.497. The Balaban J connectivity index is 1.70. The zero-order valence-corrected chi connectivity index (χ0v) is 13.9. The number of carbonyl (C=O) groups is 1. The van der Waals surface area contributed by atoms with Gasteiger partial charge in [-0.2, -0.15) is 0 Å². The summed E-state index contributed by atoms with van der Waals surface area (Å²) in [5.41, 5.74) is 1.69. The van der Waals surface area contributed by atoms with E-state index in [1.807, 2.05) is 22.9 Å². The lowest BCUT2D eigenvalue weighted by atomic mass is 10.00. The number of nitrogens with zero attached hydrogens (tertiary/aromatic N) is 2. The molecule has 132 valence electrons. The van der Waals surface area contributed by atoms with E-state index in [4.69, 9.17) is 0 Å². The fourth-order valence-electron chi connectivity index (χ4n) is 3.38. The van der Waals surface area contributed by atoms with Gasteiger partial charge in [-0.15, -0.1) is 0 Å². The van der Waals surface area contributed by atoms with Crippen LogP contribution >= 0.6 is 0 Å². The first kappa shape index (κ1) is 16.3. The summed E-state index contributed by atoms with van der Waals surface area (Å²) < 4.78 is 29.7. The summed E-state index contributed by atoms with van der Waals surface area (Å²) in [5.74, 6) is -0.857. The van der Waals surface area contributed by atoms with Gasteiger partial charge in [-0.1, -0.05) is 24.3 Å². The third kappa shape index (κ3) is 2.94. The molecular formula is C20H17F2N3O. The molecule has 1 aliphatic heterocycles. The van der Waals surface area contributed by atoms with Crippen LogP contribution in [0.4, 0.5) is 19.3 Å². The maximum atomic E-state index is 13.9. The molecule has 2 heterocycles. The summed E-state index contributed by atoms with van der Waals surface area (Å²) in [7, 11) is 0. The van der Waals surface area contributed by atoms with Gasteiger partial charge < -0.3 is 14.8 Å². The number of nitrogens with one attached hydrogen (secondary N) is 1. The highest BCUT2D eigenvalue weighted by Crippen LogP contribution is 2.33. The van der Waals surface area contributed by atoms with Gasteiger partial charge in [-0.25, -0.2) is 13.6 Å². The van der Waals surface area contributed by atoms with Crippen molar-refractivity contribution in [2.24, 2.45) is 0 Å². The Morgan fingerprint density at radius 1 is 1.00 bits per heavy atom. The summed E-state index contributed by atoms with van der Waals surface area (Å²) in [6, 6.07) is 15.2. The molecule has 2 aromatic carbocycles. The zero-order valence-electron chi connectivity index (χ0n) is 13.9. The van der Waals surface area contributed by atoms with Gasteiger partial charge in [-0.3, -0.25) is 0 Å². The Kier molecular flexibility index (Phi) is 4.16. The molecule has 0 radical (unpaired) electrons. The molecule has 0 saturated carbocycles. The van der Waals surface area contributed by atoms with Crippen LogP contribution in [0.2, 0.25) is 0 Å². The number of amides is 2. The van der Waals surface area contributed by atoms with E-state index in [1.54, 1.807) is 29.2 Å². The van der Waals surface area contributed by atoms with E-state index in [0.29, 0.717) is 18.7 Å². The van der Waals surface area contributed by atoms with Crippen LogP contribution in [0.5, 0.6) is 0 Å². The van der Waals surface area contributed by atoms with Crippen LogP contribution in [0, 0.1) is 11.6 Å². The molecule has 0 aliphatic carbocycles. The van der Waals surface area contributed by atoms with E-state index in [2.05, 4.69) is 5.32 Å². The Bertz CT molecular complexity index is 953. The molecule has 0 fully saturated rings. The molecule has 0 saturated heterocycles. The van der Waals surface area contributed by atoms with E-state index < -0.39 is 17.9 Å². The van der Waals surface area contributed by atoms with Gasteiger partial charge >= 0.3 is 6.03 Å². The van der Waals surface area contributed by atoms with Crippen molar-refractivity contribution < 1.29 is 13.6 Å². The van der Waals surface area contributed by atoms with Crippen molar-refractivity contribution in [2.75, 3.05) is 11.9 Å². The second-order valence-electron chi connectivity index (χ2n) is 6.19. The first-order valence-corrected chi connectivity index (χ1v) is 8.36. The van der Waals surface area contributed by atoms with E-state index in [-0.39, 0.29) is 11.5 Å². The predicted octanol–water partition coefficient (Wildman–Crippen LogP) is 4.40. The highest BCUT2D eigenvalue weighted by Gasteiger charge is 2.32. The monoisotopic (exact) mass is 353 g/mol. The lowest BCUT2D eigenvalue weighted by Crippen LogP contribution is -2.44. The summed E-state index contributed by atoms with van der Waals surface area (Å²) in [5, 5.41) is 2.63. The molecule has 4 nitrogen and oxygen atoms in total. The molecule has 0 spiro atoms. The summed E-state index contributed by atoms with van der Waals surface area (Å²) in [6.45, 7) is 1.06. The number of rotatable bonds is 2. The fourth-order valence-corrected chi connectivity index (χ4v) is 3.38. The minimum Gasteiger partial charge on any atom is -0.348 e. The Labute approximate surface area is 149 Å². The number of halogens is 2. The quantitative estimate of drug-likeness (QED) is 0.728. The molecule has 4 rings (SSSR count). The fraction of sp³-hybridized carbons (Fsp3) is 0.150. The first-order valence-electron chi connectivity index (χ1n) is 8.36. The van der Waals surface area contributed by atoms with Crippen LogP contribution in [0.25, 0.3) is 0 Å². The smallest absolute Gasteiger partial charge is 0.322 e. The second-order valence-corrected chi connectivity index (χ2v) is 6.19. The van der Waals surface area contributed by atoms with E-state index in [1.165, 1.54) is 24.3 Å². The predicted molar refractivity (Wildman–Crippen MR) is 94.8 cm³/mol. The molecule has 1 atom stereocenters. The largest absolute Gasteiger partial charge is 0.348 e. The Hall–Kier alpha value is -3.15. The number of aromatic nitrogens is 1. The van der Waals surface area contributed by atoms with E-state index in [0.717, 1.165) is 5.69 Å². The van der Waals surface area contributed by atoms with Crippen LogP contribution in [0.3, 0.4) is 0 Å². The van der Waals surface area contributed by atoms with Gasteiger partial charge in [0.25, 0.3) is 0 Å². The van der Waals surface area contributed by atoms with Crippen LogP contribution in [0.15, 0.2) is 66.9 Å². The van der Waals surface area contributed by atoms with Gasteiger partial charge in [0.15, 0.2) is 0 Å². The van der Waals surface area contributed by atoms with Gasteiger partial charge in [0.2, 0.25) is 0 Å². The van der Waals surface area contributed by atoms with Crippen LogP contribution in [0.1, 0.15) is 17.3 Å². The van der Waals surface area contributed by atoms with Gasteiger partial charge in [0.1, 0.15) is 11.6 Å². The summed E-state index contributed by atoms with van der Waals surface area (Å²) >= 11 is 0. The molecule has 0 bridgehead atoms. The third-order valence-electron chi connectivity index (χ3n) is 4.58.